The van der Waals surface area contributed by atoms with Gasteiger partial charge < -0.3 is 16.0 Å². The van der Waals surface area contributed by atoms with E-state index in [4.69, 9.17) is 10.1 Å². The summed E-state index contributed by atoms with van der Waals surface area (Å²) in [7, 11) is 0. The number of hydrogen-bond acceptors (Lipinski definition) is 9. The van der Waals surface area contributed by atoms with Gasteiger partial charge in [0.1, 0.15) is 11.9 Å². The highest BCUT2D eigenvalue weighted by Crippen LogP contribution is 2.45. The van der Waals surface area contributed by atoms with Gasteiger partial charge in [-0.3, -0.25) is 34.1 Å². The summed E-state index contributed by atoms with van der Waals surface area (Å²) in [5, 5.41) is 17.5. The minimum Gasteiger partial charge on any atom is -0.385 e. The van der Waals surface area contributed by atoms with Gasteiger partial charge in [0.25, 0.3) is 11.8 Å². The summed E-state index contributed by atoms with van der Waals surface area (Å²) in [6, 6.07) is 11.1. The van der Waals surface area contributed by atoms with Gasteiger partial charge in [-0.2, -0.15) is 5.10 Å². The van der Waals surface area contributed by atoms with E-state index in [0.29, 0.717) is 23.9 Å². The number of amides is 4. The first-order valence-corrected chi connectivity index (χ1v) is 15.5. The minimum atomic E-state index is -0.965. The first-order chi connectivity index (χ1) is 21.4. The number of imide groups is 2. The molecule has 2 aromatic heterocycles. The number of hydrogen-bond donors (Lipinski definition) is 4. The van der Waals surface area contributed by atoms with Crippen LogP contribution in [0, 0.1) is 5.92 Å². The Balaban J connectivity index is 0.903. The van der Waals surface area contributed by atoms with Crippen molar-refractivity contribution in [2.75, 3.05) is 30.3 Å². The average Bonchev–Trinajstić information content (AvgIpc) is 3.68. The third-order valence-electron chi connectivity index (χ3n) is 9.50. The lowest BCUT2D eigenvalue weighted by Gasteiger charge is -2.35. The van der Waals surface area contributed by atoms with Crippen LogP contribution in [-0.4, -0.2) is 75.0 Å². The number of benzene rings is 1. The van der Waals surface area contributed by atoms with E-state index in [-0.39, 0.29) is 29.9 Å². The van der Waals surface area contributed by atoms with Crippen molar-refractivity contribution >= 4 is 35.1 Å². The van der Waals surface area contributed by atoms with Gasteiger partial charge in [0, 0.05) is 49.4 Å². The van der Waals surface area contributed by atoms with Crippen molar-refractivity contribution in [3.8, 4) is 11.3 Å². The van der Waals surface area contributed by atoms with Crippen LogP contribution < -0.4 is 21.3 Å². The highest BCUT2D eigenvalue weighted by atomic mass is 16.2. The summed E-state index contributed by atoms with van der Waals surface area (Å²) >= 11 is 0. The Bertz CT molecular complexity index is 1690. The molecule has 4 N–H and O–H groups in total. The molecule has 4 fully saturated rings. The monoisotopic (exact) mass is 594 g/mol. The maximum absolute atomic E-state index is 13.1. The molecular weight excluding hydrogens is 560 g/mol. The van der Waals surface area contributed by atoms with Crippen molar-refractivity contribution in [1.29, 1.82) is 0 Å². The van der Waals surface area contributed by atoms with E-state index in [2.05, 4.69) is 44.3 Å². The first-order valence-electron chi connectivity index (χ1n) is 15.5. The number of fused-ring (bicyclic) bond motifs is 1. The Hall–Kier alpha value is -4.58. The van der Waals surface area contributed by atoms with E-state index < -0.39 is 23.8 Å². The maximum atomic E-state index is 13.1. The summed E-state index contributed by atoms with van der Waals surface area (Å²) < 4.78 is 2.14. The molecule has 1 aromatic carbocycles. The summed E-state index contributed by atoms with van der Waals surface area (Å²) in [6.07, 6.45) is 6.75. The molecule has 5 aliphatic rings. The molecule has 226 valence electrons. The Labute approximate surface area is 254 Å². The van der Waals surface area contributed by atoms with Crippen molar-refractivity contribution in [3.05, 3.63) is 59.4 Å². The van der Waals surface area contributed by atoms with Crippen LogP contribution in [0.25, 0.3) is 11.3 Å². The zero-order valence-corrected chi connectivity index (χ0v) is 24.2. The molecule has 2 saturated carbocycles. The average molecular weight is 595 g/mol. The fourth-order valence-corrected chi connectivity index (χ4v) is 6.64. The second-order valence-electron chi connectivity index (χ2n) is 12.7. The summed E-state index contributed by atoms with van der Waals surface area (Å²) in [5.74, 6) is -0.122. The molecule has 0 spiro atoms. The van der Waals surface area contributed by atoms with E-state index in [1.165, 1.54) is 12.8 Å². The van der Waals surface area contributed by atoms with Crippen LogP contribution in [0.4, 0.5) is 11.5 Å². The molecule has 44 heavy (non-hydrogen) atoms. The summed E-state index contributed by atoms with van der Waals surface area (Å²) in [4.78, 5) is 55.9. The van der Waals surface area contributed by atoms with Gasteiger partial charge >= 0.3 is 0 Å². The third kappa shape index (κ3) is 4.83. The Morgan fingerprint density at radius 2 is 1.75 bits per heavy atom. The first kappa shape index (κ1) is 27.0. The lowest BCUT2D eigenvalue weighted by atomic mass is 9.80. The lowest BCUT2D eigenvalue weighted by molar-refractivity contribution is -0.136. The molecule has 0 radical (unpaired) electrons. The number of nitrogens with one attached hydrogen (secondary N) is 4. The smallest absolute Gasteiger partial charge is 0.262 e. The molecule has 1 unspecified atom stereocenters. The van der Waals surface area contributed by atoms with E-state index in [9.17, 15) is 19.2 Å². The van der Waals surface area contributed by atoms with Gasteiger partial charge in [-0.15, -0.1) is 0 Å². The van der Waals surface area contributed by atoms with Crippen molar-refractivity contribution < 1.29 is 19.2 Å². The van der Waals surface area contributed by atoms with Gasteiger partial charge in [0.05, 0.1) is 34.6 Å². The fourth-order valence-electron chi connectivity index (χ4n) is 6.64. The fraction of sp³-hybridized carbons (Fsp3) is 0.438. The predicted octanol–water partition coefficient (Wildman–Crippen LogP) is 2.67. The molecule has 2 aliphatic carbocycles. The Morgan fingerprint density at radius 3 is 2.50 bits per heavy atom. The Kier molecular flexibility index (Phi) is 6.47. The number of rotatable bonds is 9. The molecule has 1 atom stereocenters. The van der Waals surface area contributed by atoms with Gasteiger partial charge in [-0.05, 0) is 68.4 Å². The van der Waals surface area contributed by atoms with Gasteiger partial charge in [-0.25, -0.2) is 4.98 Å². The van der Waals surface area contributed by atoms with Crippen molar-refractivity contribution in [3.63, 3.8) is 0 Å². The third-order valence-corrected chi connectivity index (χ3v) is 9.50. The number of pyridine rings is 1. The molecule has 3 aromatic rings. The number of piperidine rings is 1. The zero-order valence-electron chi connectivity index (χ0n) is 24.2. The second-order valence-corrected chi connectivity index (χ2v) is 12.7. The highest BCUT2D eigenvalue weighted by molar-refractivity contribution is 6.23. The molecule has 8 rings (SSSR count). The van der Waals surface area contributed by atoms with Gasteiger partial charge in [0.15, 0.2) is 0 Å². The zero-order chi connectivity index (χ0) is 29.9. The Morgan fingerprint density at radius 1 is 0.932 bits per heavy atom. The van der Waals surface area contributed by atoms with E-state index in [1.54, 1.807) is 18.2 Å². The van der Waals surface area contributed by atoms with Crippen LogP contribution in [0.1, 0.15) is 76.9 Å². The quantitative estimate of drug-likeness (QED) is 0.274. The number of nitrogens with zero attached hydrogens (tertiary/aromatic N) is 4. The molecule has 4 amide bonds. The largest absolute Gasteiger partial charge is 0.385 e. The molecule has 2 saturated heterocycles. The van der Waals surface area contributed by atoms with E-state index in [1.807, 2.05) is 6.07 Å². The molecule has 12 heteroatoms. The number of carbonyl (C=O) groups excluding carboxylic acids is 4. The van der Waals surface area contributed by atoms with Crippen LogP contribution in [-0.2, 0) is 9.59 Å². The number of aromatic nitrogens is 3. The van der Waals surface area contributed by atoms with Gasteiger partial charge in [0.2, 0.25) is 11.8 Å². The molecule has 3 aliphatic heterocycles. The van der Waals surface area contributed by atoms with Crippen LogP contribution in [0.15, 0.2) is 42.6 Å². The second kappa shape index (κ2) is 10.5. The SMILES string of the molecule is O=C1CCC(N2C(=O)c3ccc(NCC4CC(n5cc(-c6cccc(NC7CNC7)n6)c(C6CC6)n5)C4)cc3C2=O)C(=O)N1. The maximum Gasteiger partial charge on any atom is 0.262 e. The predicted molar refractivity (Wildman–Crippen MR) is 161 cm³/mol. The van der Waals surface area contributed by atoms with Crippen molar-refractivity contribution in [2.24, 2.45) is 5.92 Å². The molecule has 12 nitrogen and oxygen atoms in total. The standard InChI is InChI=1S/C32H34N8O4/c41-28-9-8-26(30(42)37-28)40-31(43)22-7-6-19(12-23(22)32(40)44)34-13-17-10-21(11-17)39-16-24(29(38-39)18-4-5-18)25-2-1-3-27(36-25)35-20-14-33-15-20/h1-3,6-7,12,16-18,20-21,26,33-34H,4-5,8-11,13-15H2,(H,35,36)(H,37,41,42). The van der Waals surface area contributed by atoms with Crippen molar-refractivity contribution in [2.45, 2.75) is 62.6 Å². The topological polar surface area (TPSA) is 150 Å². The van der Waals surface area contributed by atoms with Crippen LogP contribution >= 0.6 is 0 Å². The summed E-state index contributed by atoms with van der Waals surface area (Å²) in [5.41, 5.74) is 4.58. The number of carbonyl (C=O) groups is 4. The van der Waals surface area contributed by atoms with Crippen LogP contribution in [0.3, 0.4) is 0 Å². The molecule has 5 heterocycles. The number of anilines is 2. The van der Waals surface area contributed by atoms with Crippen molar-refractivity contribution in [1.82, 2.24) is 30.3 Å². The molecule has 0 bridgehead atoms. The minimum absolute atomic E-state index is 0.0980. The van der Waals surface area contributed by atoms with Crippen LogP contribution in [0.5, 0.6) is 0 Å². The van der Waals surface area contributed by atoms with E-state index >= 15 is 0 Å². The van der Waals surface area contributed by atoms with Gasteiger partial charge in [-0.1, -0.05) is 6.07 Å². The highest BCUT2D eigenvalue weighted by Gasteiger charge is 2.44. The van der Waals surface area contributed by atoms with Crippen LogP contribution in [0.2, 0.25) is 0 Å². The normalized spacial score (nSPS) is 24.9. The lowest BCUT2D eigenvalue weighted by Crippen LogP contribution is -2.54. The van der Waals surface area contributed by atoms with E-state index in [0.717, 1.165) is 65.8 Å². The summed E-state index contributed by atoms with van der Waals surface area (Å²) in [6.45, 7) is 2.66. The molecular formula is C32H34N8O4.